The van der Waals surface area contributed by atoms with Crippen LogP contribution in [0.5, 0.6) is 0 Å². The van der Waals surface area contributed by atoms with Crippen LogP contribution in [-0.4, -0.2) is 19.7 Å². The van der Waals surface area contributed by atoms with Gasteiger partial charge in [0.2, 0.25) is 5.82 Å². The molecule has 7 heteroatoms. The van der Waals surface area contributed by atoms with Crippen molar-refractivity contribution < 1.29 is 4.52 Å². The molecule has 142 valence electrons. The fourth-order valence-electron chi connectivity index (χ4n) is 3.08. The fourth-order valence-corrected chi connectivity index (χ4v) is 3.08. The van der Waals surface area contributed by atoms with Crippen LogP contribution in [0.2, 0.25) is 0 Å². The molecule has 0 aliphatic heterocycles. The van der Waals surface area contributed by atoms with Gasteiger partial charge in [0.1, 0.15) is 0 Å². The van der Waals surface area contributed by atoms with Gasteiger partial charge in [0.25, 0.3) is 5.89 Å². The van der Waals surface area contributed by atoms with E-state index in [1.165, 1.54) is 10.1 Å². The third-order valence-electron chi connectivity index (χ3n) is 4.79. The first-order chi connectivity index (χ1) is 13.2. The van der Waals surface area contributed by atoms with Crippen molar-refractivity contribution in [3.05, 3.63) is 68.7 Å². The van der Waals surface area contributed by atoms with Crippen molar-refractivity contribution in [1.29, 1.82) is 0 Å². The van der Waals surface area contributed by atoms with E-state index >= 15 is 0 Å². The lowest BCUT2D eigenvalue weighted by Crippen LogP contribution is -2.34. The van der Waals surface area contributed by atoms with Crippen LogP contribution >= 0.6 is 0 Å². The molecule has 0 atom stereocenters. The third kappa shape index (κ3) is 3.05. The highest BCUT2D eigenvalue weighted by Crippen LogP contribution is 2.27. The molecule has 0 saturated heterocycles. The maximum Gasteiger partial charge on any atom is 0.316 e. The number of hydrogen-bond acceptors (Lipinski definition) is 5. The summed E-state index contributed by atoms with van der Waals surface area (Å²) in [5.41, 5.74) is 2.70. The number of hydrogen-bond donors (Lipinski definition) is 1. The van der Waals surface area contributed by atoms with E-state index in [4.69, 9.17) is 4.52 Å². The Bertz CT molecular complexity index is 1290. The van der Waals surface area contributed by atoms with Gasteiger partial charge in [-0.05, 0) is 41.3 Å². The van der Waals surface area contributed by atoms with Crippen LogP contribution in [0, 0.1) is 0 Å². The van der Waals surface area contributed by atoms with Gasteiger partial charge in [-0.3, -0.25) is 9.59 Å². The summed E-state index contributed by atoms with van der Waals surface area (Å²) in [6.07, 6.45) is 0. The van der Waals surface area contributed by atoms with Crippen molar-refractivity contribution in [1.82, 2.24) is 19.7 Å². The standard InChI is InChI=1S/C21H20N4O3/c1-21(2,3)14-8-5-12(6-9-14)19-23-17(24-28-19)13-7-10-16-15(11-13)22-18(26)20(27)25(16)4/h5-11H,1-4H3,(H,22,26). The van der Waals surface area contributed by atoms with Gasteiger partial charge < -0.3 is 14.1 Å². The smallest absolute Gasteiger partial charge is 0.316 e. The van der Waals surface area contributed by atoms with E-state index in [-0.39, 0.29) is 5.41 Å². The molecule has 0 aliphatic rings. The summed E-state index contributed by atoms with van der Waals surface area (Å²) in [5, 5.41) is 4.06. The second-order valence-electron chi connectivity index (χ2n) is 7.80. The lowest BCUT2D eigenvalue weighted by Gasteiger charge is -2.18. The van der Waals surface area contributed by atoms with E-state index < -0.39 is 11.1 Å². The number of aromatic amines is 1. The van der Waals surface area contributed by atoms with Crippen LogP contribution in [0.3, 0.4) is 0 Å². The highest BCUT2D eigenvalue weighted by Gasteiger charge is 2.16. The molecule has 0 saturated carbocycles. The molecule has 0 bridgehead atoms. The average Bonchev–Trinajstić information content (AvgIpc) is 3.15. The van der Waals surface area contributed by atoms with Gasteiger partial charge in [-0.1, -0.05) is 38.1 Å². The Balaban J connectivity index is 1.72. The molecule has 4 rings (SSSR count). The number of benzene rings is 2. The molecule has 0 fully saturated rings. The van der Waals surface area contributed by atoms with Crippen LogP contribution in [0.1, 0.15) is 26.3 Å². The average molecular weight is 376 g/mol. The second kappa shape index (κ2) is 6.30. The quantitative estimate of drug-likeness (QED) is 0.542. The number of aromatic nitrogens is 4. The minimum atomic E-state index is -0.667. The SMILES string of the molecule is Cn1c(=O)c(=O)[nH]c2cc(-c3noc(-c4ccc(C(C)(C)C)cc4)n3)ccc21. The minimum Gasteiger partial charge on any atom is -0.334 e. The Morgan fingerprint density at radius 1 is 1.00 bits per heavy atom. The van der Waals surface area contributed by atoms with Gasteiger partial charge >= 0.3 is 11.1 Å². The first-order valence-electron chi connectivity index (χ1n) is 8.92. The highest BCUT2D eigenvalue weighted by atomic mass is 16.5. The first-order valence-corrected chi connectivity index (χ1v) is 8.92. The zero-order valence-corrected chi connectivity index (χ0v) is 16.1. The van der Waals surface area contributed by atoms with Crippen molar-refractivity contribution in [3.8, 4) is 22.8 Å². The summed E-state index contributed by atoms with van der Waals surface area (Å²) >= 11 is 0. The molecular formula is C21H20N4O3. The molecule has 4 aromatic rings. The summed E-state index contributed by atoms with van der Waals surface area (Å²) in [7, 11) is 1.56. The molecule has 0 amide bonds. The van der Waals surface area contributed by atoms with Gasteiger partial charge in [0, 0.05) is 18.2 Å². The van der Waals surface area contributed by atoms with Crippen LogP contribution in [0.25, 0.3) is 33.9 Å². The second-order valence-corrected chi connectivity index (χ2v) is 7.80. The van der Waals surface area contributed by atoms with Gasteiger partial charge in [-0.2, -0.15) is 4.98 Å². The predicted molar refractivity (Wildman–Crippen MR) is 107 cm³/mol. The van der Waals surface area contributed by atoms with Crippen LogP contribution < -0.4 is 11.1 Å². The van der Waals surface area contributed by atoms with Crippen LogP contribution in [0.15, 0.2) is 56.6 Å². The molecule has 1 N–H and O–H groups in total. The van der Waals surface area contributed by atoms with Crippen LogP contribution in [-0.2, 0) is 12.5 Å². The molecule has 0 spiro atoms. The van der Waals surface area contributed by atoms with Crippen molar-refractivity contribution in [2.24, 2.45) is 7.05 Å². The van der Waals surface area contributed by atoms with E-state index in [2.05, 4.69) is 48.0 Å². The third-order valence-corrected chi connectivity index (χ3v) is 4.79. The number of nitrogens with zero attached hydrogens (tertiary/aromatic N) is 3. The number of H-pyrrole nitrogens is 1. The van der Waals surface area contributed by atoms with E-state index in [1.54, 1.807) is 25.2 Å². The Morgan fingerprint density at radius 2 is 1.68 bits per heavy atom. The van der Waals surface area contributed by atoms with Gasteiger partial charge in [0.15, 0.2) is 0 Å². The molecule has 0 unspecified atom stereocenters. The summed E-state index contributed by atoms with van der Waals surface area (Å²) in [6, 6.07) is 13.3. The molecule has 7 nitrogen and oxygen atoms in total. The van der Waals surface area contributed by atoms with Crippen molar-refractivity contribution >= 4 is 11.0 Å². The molecule has 2 aromatic carbocycles. The number of rotatable bonds is 2. The monoisotopic (exact) mass is 376 g/mol. The number of fused-ring (bicyclic) bond motifs is 1. The Hall–Kier alpha value is -3.48. The lowest BCUT2D eigenvalue weighted by molar-refractivity contribution is 0.432. The highest BCUT2D eigenvalue weighted by molar-refractivity contribution is 5.80. The largest absolute Gasteiger partial charge is 0.334 e. The molecule has 0 aliphatic carbocycles. The van der Waals surface area contributed by atoms with E-state index in [9.17, 15) is 9.59 Å². The maximum atomic E-state index is 11.8. The van der Waals surface area contributed by atoms with Crippen LogP contribution in [0.4, 0.5) is 0 Å². The van der Waals surface area contributed by atoms with E-state index in [0.717, 1.165) is 5.56 Å². The molecule has 28 heavy (non-hydrogen) atoms. The normalized spacial score (nSPS) is 11.9. The Labute approximate surface area is 160 Å². The minimum absolute atomic E-state index is 0.0701. The van der Waals surface area contributed by atoms with Crippen molar-refractivity contribution in [2.45, 2.75) is 26.2 Å². The van der Waals surface area contributed by atoms with E-state index in [0.29, 0.717) is 28.3 Å². The number of nitrogens with one attached hydrogen (secondary N) is 1. The zero-order valence-electron chi connectivity index (χ0n) is 16.1. The predicted octanol–water partition coefficient (Wildman–Crippen LogP) is 3.24. The molecule has 2 aromatic heterocycles. The van der Waals surface area contributed by atoms with Gasteiger partial charge in [0.05, 0.1) is 11.0 Å². The molecular weight excluding hydrogens is 356 g/mol. The summed E-state index contributed by atoms with van der Waals surface area (Å²) in [5.74, 6) is 0.830. The van der Waals surface area contributed by atoms with Crippen molar-refractivity contribution in [3.63, 3.8) is 0 Å². The topological polar surface area (TPSA) is 93.8 Å². The molecule has 0 radical (unpaired) electrons. The zero-order chi connectivity index (χ0) is 20.1. The van der Waals surface area contributed by atoms with Gasteiger partial charge in [-0.25, -0.2) is 0 Å². The fraction of sp³-hybridized carbons (Fsp3) is 0.238. The molecule has 2 heterocycles. The maximum absolute atomic E-state index is 11.8. The van der Waals surface area contributed by atoms with E-state index in [1.807, 2.05) is 12.1 Å². The summed E-state index contributed by atoms with van der Waals surface area (Å²) in [4.78, 5) is 30.6. The lowest BCUT2D eigenvalue weighted by atomic mass is 9.87. The number of aryl methyl sites for hydroxylation is 1. The Kier molecular flexibility index (Phi) is 4.03. The first kappa shape index (κ1) is 17.9. The van der Waals surface area contributed by atoms with Gasteiger partial charge in [-0.15, -0.1) is 0 Å². The summed E-state index contributed by atoms with van der Waals surface area (Å²) in [6.45, 7) is 6.48. The Morgan fingerprint density at radius 3 is 2.36 bits per heavy atom. The summed E-state index contributed by atoms with van der Waals surface area (Å²) < 4.78 is 6.74. The van der Waals surface area contributed by atoms with Crippen molar-refractivity contribution in [2.75, 3.05) is 0 Å².